The number of rotatable bonds is 7. The Labute approximate surface area is 161 Å². The molecule has 0 spiro atoms. The van der Waals surface area contributed by atoms with Crippen molar-refractivity contribution in [2.45, 2.75) is 32.5 Å². The van der Waals surface area contributed by atoms with E-state index in [0.29, 0.717) is 11.3 Å². The first-order chi connectivity index (χ1) is 13.2. The van der Waals surface area contributed by atoms with Crippen molar-refractivity contribution >= 4 is 23.2 Å². The number of carbonyl (C=O) groups excluding carboxylic acids is 2. The van der Waals surface area contributed by atoms with E-state index in [1.54, 1.807) is 24.3 Å². The van der Waals surface area contributed by atoms with Gasteiger partial charge in [0.2, 0.25) is 5.91 Å². The number of benzene rings is 2. The maximum atomic E-state index is 12.7. The summed E-state index contributed by atoms with van der Waals surface area (Å²) in [7, 11) is 0. The van der Waals surface area contributed by atoms with Gasteiger partial charge in [-0.15, -0.1) is 0 Å². The van der Waals surface area contributed by atoms with Crippen LogP contribution in [0.3, 0.4) is 0 Å². The van der Waals surface area contributed by atoms with E-state index in [9.17, 15) is 22.8 Å². The van der Waals surface area contributed by atoms with Crippen LogP contribution in [0.1, 0.15) is 36.2 Å². The van der Waals surface area contributed by atoms with Crippen LogP contribution in [0.4, 0.5) is 24.5 Å². The van der Waals surface area contributed by atoms with Crippen molar-refractivity contribution in [1.29, 1.82) is 0 Å². The van der Waals surface area contributed by atoms with Crippen molar-refractivity contribution in [2.75, 3.05) is 17.2 Å². The molecule has 0 aliphatic heterocycles. The third kappa shape index (κ3) is 6.29. The summed E-state index contributed by atoms with van der Waals surface area (Å²) in [5.74, 6) is -0.666. The van der Waals surface area contributed by atoms with E-state index in [1.807, 2.05) is 13.8 Å². The standard InChI is InChI=1S/C20H22F3N3O2/c1-3-13(2)25-19(28)14-7-9-16(10-8-14)24-12-18(27)26-17-6-4-5-15(11-17)20(21,22)23/h4-11,13,24H,3,12H2,1-2H3,(H,25,28)(H,26,27). The average Bonchev–Trinajstić information content (AvgIpc) is 2.66. The van der Waals surface area contributed by atoms with Gasteiger partial charge in [0.25, 0.3) is 5.91 Å². The lowest BCUT2D eigenvalue weighted by atomic mass is 10.1. The number of hydrogen-bond acceptors (Lipinski definition) is 3. The van der Waals surface area contributed by atoms with Crippen LogP contribution in [0.2, 0.25) is 0 Å². The van der Waals surface area contributed by atoms with Crippen molar-refractivity contribution in [3.8, 4) is 0 Å². The highest BCUT2D eigenvalue weighted by molar-refractivity contribution is 5.95. The first-order valence-electron chi connectivity index (χ1n) is 8.81. The van der Waals surface area contributed by atoms with Crippen molar-refractivity contribution in [3.63, 3.8) is 0 Å². The highest BCUT2D eigenvalue weighted by Gasteiger charge is 2.30. The highest BCUT2D eigenvalue weighted by Crippen LogP contribution is 2.30. The fourth-order valence-corrected chi connectivity index (χ4v) is 2.31. The lowest BCUT2D eigenvalue weighted by molar-refractivity contribution is -0.137. The monoisotopic (exact) mass is 393 g/mol. The zero-order valence-corrected chi connectivity index (χ0v) is 15.6. The van der Waals surface area contributed by atoms with E-state index in [1.165, 1.54) is 12.1 Å². The fourth-order valence-electron chi connectivity index (χ4n) is 2.31. The average molecular weight is 393 g/mol. The van der Waals surface area contributed by atoms with Crippen molar-refractivity contribution in [1.82, 2.24) is 5.32 Å². The Morgan fingerprint density at radius 1 is 1.04 bits per heavy atom. The Kier molecular flexibility index (Phi) is 7.03. The summed E-state index contributed by atoms with van der Waals surface area (Å²) in [6, 6.07) is 11.1. The number of hydrogen-bond donors (Lipinski definition) is 3. The second-order valence-electron chi connectivity index (χ2n) is 6.34. The highest BCUT2D eigenvalue weighted by atomic mass is 19.4. The first kappa shape index (κ1) is 21.3. The SMILES string of the molecule is CCC(C)NC(=O)c1ccc(NCC(=O)Nc2cccc(C(F)(F)F)c2)cc1. The Bertz CT molecular complexity index is 820. The summed E-state index contributed by atoms with van der Waals surface area (Å²) < 4.78 is 38.1. The molecule has 2 amide bonds. The van der Waals surface area contributed by atoms with Gasteiger partial charge < -0.3 is 16.0 Å². The van der Waals surface area contributed by atoms with Crippen molar-refractivity contribution in [3.05, 3.63) is 59.7 Å². The third-order valence-corrected chi connectivity index (χ3v) is 4.06. The summed E-state index contributed by atoms with van der Waals surface area (Å²) in [5.41, 5.74) is 0.349. The minimum Gasteiger partial charge on any atom is -0.376 e. The molecule has 0 saturated carbocycles. The van der Waals surface area contributed by atoms with Gasteiger partial charge in [-0.2, -0.15) is 13.2 Å². The summed E-state index contributed by atoms with van der Waals surface area (Å²) in [4.78, 5) is 24.0. The molecule has 0 aliphatic rings. The van der Waals surface area contributed by atoms with Gasteiger partial charge in [-0.3, -0.25) is 9.59 Å². The minimum atomic E-state index is -4.47. The maximum Gasteiger partial charge on any atom is 0.416 e. The molecule has 2 rings (SSSR count). The summed E-state index contributed by atoms with van der Waals surface area (Å²) in [5, 5.41) is 8.13. The molecule has 150 valence electrons. The van der Waals surface area contributed by atoms with Crippen LogP contribution in [0.25, 0.3) is 0 Å². The Morgan fingerprint density at radius 3 is 2.32 bits per heavy atom. The van der Waals surface area contributed by atoms with Crippen LogP contribution in [-0.2, 0) is 11.0 Å². The Hall–Kier alpha value is -3.03. The molecule has 0 aromatic heterocycles. The van der Waals surface area contributed by atoms with Crippen LogP contribution in [0, 0.1) is 0 Å². The van der Waals surface area contributed by atoms with E-state index in [0.717, 1.165) is 18.6 Å². The molecule has 0 bridgehead atoms. The van der Waals surface area contributed by atoms with Crippen LogP contribution >= 0.6 is 0 Å². The van der Waals surface area contributed by atoms with Gasteiger partial charge >= 0.3 is 6.18 Å². The first-order valence-corrected chi connectivity index (χ1v) is 8.81. The molecule has 0 saturated heterocycles. The van der Waals surface area contributed by atoms with Gasteiger partial charge in [-0.05, 0) is 55.8 Å². The van der Waals surface area contributed by atoms with Crippen LogP contribution in [0.5, 0.6) is 0 Å². The topological polar surface area (TPSA) is 70.2 Å². The molecular weight excluding hydrogens is 371 g/mol. The molecule has 28 heavy (non-hydrogen) atoms. The van der Waals surface area contributed by atoms with Crippen LogP contribution in [-0.4, -0.2) is 24.4 Å². The van der Waals surface area contributed by atoms with Crippen molar-refractivity contribution in [2.24, 2.45) is 0 Å². The number of alkyl halides is 3. The Balaban J connectivity index is 1.88. The molecule has 2 aromatic carbocycles. The predicted molar refractivity (Wildman–Crippen MR) is 102 cm³/mol. The molecule has 1 unspecified atom stereocenters. The summed E-state index contributed by atoms with van der Waals surface area (Å²) in [6.45, 7) is 3.76. The summed E-state index contributed by atoms with van der Waals surface area (Å²) >= 11 is 0. The predicted octanol–water partition coefficient (Wildman–Crippen LogP) is 4.28. The van der Waals surface area contributed by atoms with Gasteiger partial charge in [-0.25, -0.2) is 0 Å². The zero-order valence-electron chi connectivity index (χ0n) is 15.6. The number of amides is 2. The van der Waals surface area contributed by atoms with Crippen molar-refractivity contribution < 1.29 is 22.8 Å². The van der Waals surface area contributed by atoms with Gasteiger partial charge in [0, 0.05) is 23.0 Å². The van der Waals surface area contributed by atoms with Gasteiger partial charge in [-0.1, -0.05) is 13.0 Å². The number of carbonyl (C=O) groups is 2. The summed E-state index contributed by atoms with van der Waals surface area (Å²) in [6.07, 6.45) is -3.64. The molecule has 2 aromatic rings. The van der Waals surface area contributed by atoms with Gasteiger partial charge in [0.1, 0.15) is 0 Å². The van der Waals surface area contributed by atoms with Gasteiger partial charge in [0.05, 0.1) is 12.1 Å². The normalized spacial score (nSPS) is 12.2. The van der Waals surface area contributed by atoms with E-state index in [-0.39, 0.29) is 24.2 Å². The molecule has 1 atom stereocenters. The lowest BCUT2D eigenvalue weighted by Gasteiger charge is -2.12. The number of halogens is 3. The quantitative estimate of drug-likeness (QED) is 0.657. The largest absolute Gasteiger partial charge is 0.416 e. The minimum absolute atomic E-state index is 0.0682. The second-order valence-corrected chi connectivity index (χ2v) is 6.34. The van der Waals surface area contributed by atoms with Crippen LogP contribution < -0.4 is 16.0 Å². The molecule has 0 aliphatic carbocycles. The zero-order chi connectivity index (χ0) is 20.7. The smallest absolute Gasteiger partial charge is 0.376 e. The van der Waals surface area contributed by atoms with E-state index in [2.05, 4.69) is 16.0 Å². The van der Waals surface area contributed by atoms with E-state index >= 15 is 0 Å². The van der Waals surface area contributed by atoms with E-state index in [4.69, 9.17) is 0 Å². The Morgan fingerprint density at radius 2 is 1.71 bits per heavy atom. The molecule has 0 fully saturated rings. The molecular formula is C20H22F3N3O2. The molecule has 8 heteroatoms. The molecule has 0 radical (unpaired) electrons. The molecule has 5 nitrogen and oxygen atoms in total. The third-order valence-electron chi connectivity index (χ3n) is 4.06. The van der Waals surface area contributed by atoms with Gasteiger partial charge in [0.15, 0.2) is 0 Å². The second kappa shape index (κ2) is 9.25. The number of nitrogens with one attached hydrogen (secondary N) is 3. The number of anilines is 2. The van der Waals surface area contributed by atoms with Crippen LogP contribution in [0.15, 0.2) is 48.5 Å². The van der Waals surface area contributed by atoms with E-state index < -0.39 is 17.6 Å². The molecule has 0 heterocycles. The maximum absolute atomic E-state index is 12.7. The lowest BCUT2D eigenvalue weighted by Crippen LogP contribution is -2.31. The molecule has 3 N–H and O–H groups in total. The fraction of sp³-hybridized carbons (Fsp3) is 0.300.